The molecule has 2 aliphatic heterocycles. The Morgan fingerprint density at radius 3 is 2.62 bits per heavy atom. The third kappa shape index (κ3) is 3.83. The van der Waals surface area contributed by atoms with Crippen LogP contribution in [-0.2, 0) is 7.05 Å². The number of hydrogen-bond donors (Lipinski definition) is 2. The van der Waals surface area contributed by atoms with Crippen molar-refractivity contribution in [3.8, 4) is 29.1 Å². The Morgan fingerprint density at radius 2 is 1.87 bits per heavy atom. The van der Waals surface area contributed by atoms with Gasteiger partial charge in [0.1, 0.15) is 22.9 Å². The molecule has 39 heavy (non-hydrogen) atoms. The predicted octanol–water partition coefficient (Wildman–Crippen LogP) is 3.65. The molecule has 0 amide bonds. The summed E-state index contributed by atoms with van der Waals surface area (Å²) >= 11 is 0. The van der Waals surface area contributed by atoms with Gasteiger partial charge in [0.15, 0.2) is 5.76 Å². The molecule has 3 N–H and O–H groups in total. The number of nitrogens with zero attached hydrogens (tertiary/aromatic N) is 6. The van der Waals surface area contributed by atoms with Crippen LogP contribution in [0.2, 0.25) is 0 Å². The number of allylic oxidation sites excluding steroid dienone is 1. The Kier molecular flexibility index (Phi) is 5.38. The van der Waals surface area contributed by atoms with Gasteiger partial charge in [-0.25, -0.2) is 9.67 Å². The van der Waals surface area contributed by atoms with Crippen molar-refractivity contribution in [1.82, 2.24) is 24.6 Å². The van der Waals surface area contributed by atoms with E-state index in [0.29, 0.717) is 22.9 Å². The van der Waals surface area contributed by atoms with Crippen molar-refractivity contribution in [1.29, 1.82) is 5.26 Å². The summed E-state index contributed by atoms with van der Waals surface area (Å²) in [6, 6.07) is 18.5. The van der Waals surface area contributed by atoms with Gasteiger partial charge in [0.25, 0.3) is 0 Å². The molecule has 10 nitrogen and oxygen atoms in total. The lowest BCUT2D eigenvalue weighted by Gasteiger charge is -2.29. The number of furan rings is 1. The quantitative estimate of drug-likeness (QED) is 0.370. The summed E-state index contributed by atoms with van der Waals surface area (Å²) in [5, 5.41) is 19.3. The molecule has 0 bridgehead atoms. The number of piperazine rings is 1. The smallest absolute Gasteiger partial charge is 0.224 e. The van der Waals surface area contributed by atoms with Crippen molar-refractivity contribution < 1.29 is 9.15 Å². The highest BCUT2D eigenvalue weighted by atomic mass is 16.5. The van der Waals surface area contributed by atoms with Crippen LogP contribution in [0, 0.1) is 11.3 Å². The van der Waals surface area contributed by atoms with Gasteiger partial charge in [-0.3, -0.25) is 0 Å². The van der Waals surface area contributed by atoms with Crippen LogP contribution in [0.5, 0.6) is 5.88 Å². The normalized spacial score (nSPS) is 17.2. The third-order valence-corrected chi connectivity index (χ3v) is 7.44. The lowest BCUT2D eigenvalue weighted by Crippen LogP contribution is -2.43. The number of imidazole rings is 1. The van der Waals surface area contributed by atoms with Gasteiger partial charge < -0.3 is 29.7 Å². The van der Waals surface area contributed by atoms with Gasteiger partial charge in [-0.15, -0.1) is 0 Å². The Morgan fingerprint density at radius 1 is 1.08 bits per heavy atom. The zero-order valence-corrected chi connectivity index (χ0v) is 21.3. The predicted molar refractivity (Wildman–Crippen MR) is 146 cm³/mol. The van der Waals surface area contributed by atoms with Gasteiger partial charge in [0, 0.05) is 62.4 Å². The van der Waals surface area contributed by atoms with Gasteiger partial charge in [-0.05, 0) is 42.0 Å². The maximum atomic E-state index is 10.1. The van der Waals surface area contributed by atoms with Gasteiger partial charge in [0.2, 0.25) is 11.8 Å². The van der Waals surface area contributed by atoms with E-state index in [0.717, 1.165) is 54.0 Å². The molecule has 10 heteroatoms. The van der Waals surface area contributed by atoms with Crippen LogP contribution >= 0.6 is 0 Å². The van der Waals surface area contributed by atoms with Gasteiger partial charge in [-0.1, -0.05) is 12.1 Å². The Bertz CT molecular complexity index is 1750. The molecule has 0 saturated carbocycles. The van der Waals surface area contributed by atoms with Crippen molar-refractivity contribution in [3.63, 3.8) is 0 Å². The van der Waals surface area contributed by atoms with E-state index in [9.17, 15) is 5.26 Å². The lowest BCUT2D eigenvalue weighted by atomic mass is 9.83. The molecule has 2 aliphatic rings. The average Bonchev–Trinajstić information content (AvgIpc) is 3.72. The van der Waals surface area contributed by atoms with E-state index in [1.807, 2.05) is 47.2 Å². The number of aromatic nitrogens is 4. The minimum atomic E-state index is -0.469. The van der Waals surface area contributed by atoms with E-state index < -0.39 is 5.92 Å². The van der Waals surface area contributed by atoms with Gasteiger partial charge in [-0.2, -0.15) is 10.4 Å². The highest BCUT2D eigenvalue weighted by Crippen LogP contribution is 2.47. The van der Waals surface area contributed by atoms with Gasteiger partial charge >= 0.3 is 0 Å². The van der Waals surface area contributed by atoms with E-state index in [1.165, 1.54) is 5.69 Å². The molecule has 0 aliphatic carbocycles. The van der Waals surface area contributed by atoms with E-state index >= 15 is 0 Å². The van der Waals surface area contributed by atoms with Crippen LogP contribution in [0.15, 0.2) is 83.1 Å². The summed E-state index contributed by atoms with van der Waals surface area (Å²) in [6.07, 6.45) is 5.36. The number of anilines is 1. The second-order valence-corrected chi connectivity index (χ2v) is 9.75. The SMILES string of the molecule is Cn1nc(-c2cc3cc(N4CCNCC4)ccc3o2)c2c1OC(N)=C(C#N)C2c1ccc(-n2ccnc2)cc1. The van der Waals surface area contributed by atoms with E-state index in [1.54, 1.807) is 24.3 Å². The third-order valence-electron chi connectivity index (χ3n) is 7.44. The molecule has 0 radical (unpaired) electrons. The lowest BCUT2D eigenvalue weighted by molar-refractivity contribution is 0.358. The van der Waals surface area contributed by atoms with E-state index in [2.05, 4.69) is 33.4 Å². The molecule has 1 saturated heterocycles. The second kappa shape index (κ2) is 9.08. The molecular weight excluding hydrogens is 492 g/mol. The van der Waals surface area contributed by atoms with Crippen LogP contribution in [0.1, 0.15) is 17.0 Å². The number of nitrogens with one attached hydrogen (secondary N) is 1. The first-order valence-corrected chi connectivity index (χ1v) is 12.8. The minimum absolute atomic E-state index is 0.0773. The maximum Gasteiger partial charge on any atom is 0.224 e. The molecule has 3 aromatic heterocycles. The standard InChI is InChI=1S/C29H26N8O2/c1-35-29-26(25(22(16-30)28(31)39-29)18-2-4-20(5-3-18)37-13-10-33-17-37)27(34-35)24-15-19-14-21(6-7-23(19)38-24)36-11-8-32-9-12-36/h2-7,10,13-15,17,25,32H,8-9,11-12,31H2,1H3. The fourth-order valence-corrected chi connectivity index (χ4v) is 5.50. The highest BCUT2D eigenvalue weighted by Gasteiger charge is 2.37. The van der Waals surface area contributed by atoms with Crippen molar-refractivity contribution in [2.45, 2.75) is 5.92 Å². The molecule has 5 heterocycles. The van der Waals surface area contributed by atoms with Crippen molar-refractivity contribution in [2.75, 3.05) is 31.1 Å². The molecular formula is C29H26N8O2. The molecule has 7 rings (SSSR count). The summed E-state index contributed by atoms with van der Waals surface area (Å²) in [6.45, 7) is 3.87. The zero-order chi connectivity index (χ0) is 26.5. The van der Waals surface area contributed by atoms with Crippen LogP contribution in [0.3, 0.4) is 0 Å². The first-order valence-electron chi connectivity index (χ1n) is 12.8. The second-order valence-electron chi connectivity index (χ2n) is 9.75. The topological polar surface area (TPSA) is 123 Å². The van der Waals surface area contributed by atoms with Crippen LogP contribution in [0.25, 0.3) is 28.1 Å². The van der Waals surface area contributed by atoms with Crippen molar-refractivity contribution in [3.05, 3.63) is 89.8 Å². The molecule has 194 valence electrons. The number of ether oxygens (including phenoxy) is 1. The number of benzene rings is 2. The number of fused-ring (bicyclic) bond motifs is 2. The number of nitrogens with two attached hydrogens (primary N) is 1. The summed E-state index contributed by atoms with van der Waals surface area (Å²) in [7, 11) is 1.80. The molecule has 2 aromatic carbocycles. The number of hydrogen-bond acceptors (Lipinski definition) is 8. The molecule has 1 atom stereocenters. The monoisotopic (exact) mass is 518 g/mol. The fraction of sp³-hybridized carbons (Fsp3) is 0.207. The average molecular weight is 519 g/mol. The Hall–Kier alpha value is -5.01. The van der Waals surface area contributed by atoms with E-state index in [4.69, 9.17) is 20.0 Å². The summed E-state index contributed by atoms with van der Waals surface area (Å²) in [5.74, 6) is 0.713. The highest BCUT2D eigenvalue weighted by molar-refractivity contribution is 5.86. The molecule has 0 spiro atoms. The van der Waals surface area contributed by atoms with Gasteiger partial charge in [0.05, 0.1) is 17.8 Å². The number of nitriles is 1. The van der Waals surface area contributed by atoms with Crippen LogP contribution in [-0.4, -0.2) is 45.5 Å². The van der Waals surface area contributed by atoms with Crippen LogP contribution < -0.4 is 20.7 Å². The molecule has 1 fully saturated rings. The van der Waals surface area contributed by atoms with E-state index in [-0.39, 0.29) is 5.88 Å². The summed E-state index contributed by atoms with van der Waals surface area (Å²) < 4.78 is 15.8. The summed E-state index contributed by atoms with van der Waals surface area (Å²) in [5.41, 5.74) is 11.8. The summed E-state index contributed by atoms with van der Waals surface area (Å²) in [4.78, 5) is 6.50. The van der Waals surface area contributed by atoms with Crippen LogP contribution in [0.4, 0.5) is 5.69 Å². The first-order chi connectivity index (χ1) is 19.1. The Labute approximate surface area is 224 Å². The number of rotatable bonds is 4. The minimum Gasteiger partial charge on any atom is -0.454 e. The van der Waals surface area contributed by atoms with Crippen molar-refractivity contribution >= 4 is 16.7 Å². The maximum absolute atomic E-state index is 10.1. The van der Waals surface area contributed by atoms with Crippen molar-refractivity contribution in [2.24, 2.45) is 12.8 Å². The first kappa shape index (κ1) is 23.1. The fourth-order valence-electron chi connectivity index (χ4n) is 5.50. The molecule has 5 aromatic rings. The zero-order valence-electron chi connectivity index (χ0n) is 21.3. The molecule has 1 unspecified atom stereocenters. The Balaban J connectivity index is 1.33. The number of aryl methyl sites for hydroxylation is 1. The largest absolute Gasteiger partial charge is 0.454 e.